The summed E-state index contributed by atoms with van der Waals surface area (Å²) in [6.45, 7) is 1.41. The van der Waals surface area contributed by atoms with E-state index in [1.165, 1.54) is 0 Å². The number of carboxylic acids is 1. The Bertz CT molecular complexity index is 705. The quantitative estimate of drug-likeness (QED) is 0.867. The zero-order chi connectivity index (χ0) is 17.8. The molecule has 0 radical (unpaired) electrons. The highest BCUT2D eigenvalue weighted by molar-refractivity contribution is 5.70. The third-order valence-electron chi connectivity index (χ3n) is 4.78. The van der Waals surface area contributed by atoms with Crippen molar-refractivity contribution in [3.8, 4) is 11.5 Å². The van der Waals surface area contributed by atoms with Crippen LogP contribution in [0.15, 0.2) is 41.0 Å². The maximum Gasteiger partial charge on any atom is 0.306 e. The fourth-order valence-corrected chi connectivity index (χ4v) is 3.43. The first-order chi connectivity index (χ1) is 12.1. The van der Waals surface area contributed by atoms with E-state index in [1.54, 1.807) is 20.5 Å². The molecular formula is C19H23NO5. The van der Waals surface area contributed by atoms with Crippen molar-refractivity contribution in [2.24, 2.45) is 5.92 Å². The summed E-state index contributed by atoms with van der Waals surface area (Å²) in [4.78, 5) is 13.5. The van der Waals surface area contributed by atoms with Gasteiger partial charge >= 0.3 is 5.97 Å². The van der Waals surface area contributed by atoms with E-state index in [-0.39, 0.29) is 12.0 Å². The van der Waals surface area contributed by atoms with Gasteiger partial charge in [0.1, 0.15) is 5.76 Å². The highest BCUT2D eigenvalue weighted by Crippen LogP contribution is 2.37. The number of hydrogen-bond donors (Lipinski definition) is 1. The molecule has 0 saturated carbocycles. The standard InChI is InChI=1S/C19H23NO5/c1-23-15-6-5-14(12-17(15)24-2)18(16-4-3-11-25-16)20-9-7-13(8-10-20)19(21)22/h3-6,11-13,18H,7-10H2,1-2H3,(H,21,22). The van der Waals surface area contributed by atoms with Crippen molar-refractivity contribution in [3.05, 3.63) is 47.9 Å². The summed E-state index contributed by atoms with van der Waals surface area (Å²) in [5.74, 6) is 1.20. The van der Waals surface area contributed by atoms with E-state index in [0.717, 1.165) is 11.3 Å². The molecule has 1 fully saturated rings. The lowest BCUT2D eigenvalue weighted by atomic mass is 9.93. The molecule has 6 heteroatoms. The van der Waals surface area contributed by atoms with E-state index < -0.39 is 5.97 Å². The summed E-state index contributed by atoms with van der Waals surface area (Å²) in [6, 6.07) is 9.57. The van der Waals surface area contributed by atoms with E-state index in [1.807, 2.05) is 30.3 Å². The summed E-state index contributed by atoms with van der Waals surface area (Å²) in [5, 5.41) is 9.22. The number of furan rings is 1. The summed E-state index contributed by atoms with van der Waals surface area (Å²) >= 11 is 0. The molecule has 6 nitrogen and oxygen atoms in total. The van der Waals surface area contributed by atoms with Crippen molar-refractivity contribution < 1.29 is 23.8 Å². The number of aliphatic carboxylic acids is 1. The largest absolute Gasteiger partial charge is 0.493 e. The molecule has 3 rings (SSSR count). The maximum atomic E-state index is 11.2. The topological polar surface area (TPSA) is 72.1 Å². The second kappa shape index (κ2) is 7.61. The second-order valence-electron chi connectivity index (χ2n) is 6.18. The van der Waals surface area contributed by atoms with Crippen LogP contribution in [0.4, 0.5) is 0 Å². The zero-order valence-corrected chi connectivity index (χ0v) is 14.5. The summed E-state index contributed by atoms with van der Waals surface area (Å²) in [7, 11) is 3.22. The van der Waals surface area contributed by atoms with Gasteiger partial charge in [0.15, 0.2) is 11.5 Å². The summed E-state index contributed by atoms with van der Waals surface area (Å²) < 4.78 is 16.4. The molecule has 0 bridgehead atoms. The van der Waals surface area contributed by atoms with Crippen LogP contribution in [0, 0.1) is 5.92 Å². The van der Waals surface area contributed by atoms with Gasteiger partial charge < -0.3 is 19.0 Å². The Morgan fingerprint density at radius 3 is 2.48 bits per heavy atom. The van der Waals surface area contributed by atoms with Gasteiger partial charge in [-0.05, 0) is 55.8 Å². The number of carbonyl (C=O) groups is 1. The molecule has 1 aromatic carbocycles. The Kier molecular flexibility index (Phi) is 5.28. The van der Waals surface area contributed by atoms with E-state index in [0.29, 0.717) is 37.4 Å². The van der Waals surface area contributed by atoms with E-state index in [9.17, 15) is 9.90 Å². The molecule has 1 aliphatic rings. The molecule has 134 valence electrons. The molecule has 0 spiro atoms. The Hall–Kier alpha value is -2.47. The highest BCUT2D eigenvalue weighted by Gasteiger charge is 2.31. The van der Waals surface area contributed by atoms with E-state index >= 15 is 0 Å². The Morgan fingerprint density at radius 2 is 1.92 bits per heavy atom. The van der Waals surface area contributed by atoms with Crippen LogP contribution in [0.2, 0.25) is 0 Å². The fourth-order valence-electron chi connectivity index (χ4n) is 3.43. The van der Waals surface area contributed by atoms with Crippen LogP contribution < -0.4 is 9.47 Å². The average Bonchev–Trinajstić information content (AvgIpc) is 3.16. The number of hydrogen-bond acceptors (Lipinski definition) is 5. The van der Waals surface area contributed by atoms with Gasteiger partial charge in [0.25, 0.3) is 0 Å². The molecule has 1 atom stereocenters. The first kappa shape index (κ1) is 17.4. The molecule has 1 aromatic heterocycles. The number of carboxylic acid groups (broad SMARTS) is 1. The minimum atomic E-state index is -0.708. The smallest absolute Gasteiger partial charge is 0.306 e. The average molecular weight is 345 g/mol. The minimum absolute atomic E-state index is 0.0791. The van der Waals surface area contributed by atoms with Gasteiger partial charge in [-0.3, -0.25) is 9.69 Å². The van der Waals surface area contributed by atoms with Gasteiger partial charge in [0.2, 0.25) is 0 Å². The summed E-state index contributed by atoms with van der Waals surface area (Å²) in [5.41, 5.74) is 1.03. The number of piperidine rings is 1. The van der Waals surface area contributed by atoms with Gasteiger partial charge in [0.05, 0.1) is 32.4 Å². The van der Waals surface area contributed by atoms with Crippen LogP contribution in [0.3, 0.4) is 0 Å². The van der Waals surface area contributed by atoms with Gasteiger partial charge in [-0.15, -0.1) is 0 Å². The van der Waals surface area contributed by atoms with Crippen LogP contribution in [0.1, 0.15) is 30.2 Å². The van der Waals surface area contributed by atoms with Crippen molar-refractivity contribution in [2.45, 2.75) is 18.9 Å². The van der Waals surface area contributed by atoms with Crippen molar-refractivity contribution in [1.29, 1.82) is 0 Å². The SMILES string of the molecule is COc1ccc(C(c2ccco2)N2CCC(C(=O)O)CC2)cc1OC. The predicted octanol–water partition coefficient (Wildman–Crippen LogP) is 3.18. The van der Waals surface area contributed by atoms with Crippen molar-refractivity contribution >= 4 is 5.97 Å². The van der Waals surface area contributed by atoms with Gasteiger partial charge in [-0.25, -0.2) is 0 Å². The third kappa shape index (κ3) is 3.64. The van der Waals surface area contributed by atoms with Gasteiger partial charge in [-0.1, -0.05) is 6.07 Å². The minimum Gasteiger partial charge on any atom is -0.493 e. The number of nitrogens with zero attached hydrogens (tertiary/aromatic N) is 1. The van der Waals surface area contributed by atoms with Crippen LogP contribution in [-0.4, -0.2) is 43.3 Å². The maximum absolute atomic E-state index is 11.2. The molecule has 0 amide bonds. The van der Waals surface area contributed by atoms with E-state index in [4.69, 9.17) is 13.9 Å². The molecule has 1 aliphatic heterocycles. The lowest BCUT2D eigenvalue weighted by molar-refractivity contribution is -0.143. The van der Waals surface area contributed by atoms with Crippen LogP contribution in [0.25, 0.3) is 0 Å². The molecule has 2 heterocycles. The van der Waals surface area contributed by atoms with Crippen molar-refractivity contribution in [2.75, 3.05) is 27.3 Å². The monoisotopic (exact) mass is 345 g/mol. The number of rotatable bonds is 6. The Labute approximate surface area is 147 Å². The number of methoxy groups -OCH3 is 2. The molecule has 1 unspecified atom stereocenters. The second-order valence-corrected chi connectivity index (χ2v) is 6.18. The number of ether oxygens (including phenoxy) is 2. The lowest BCUT2D eigenvalue weighted by Gasteiger charge is -2.36. The van der Waals surface area contributed by atoms with Gasteiger partial charge in [-0.2, -0.15) is 0 Å². The van der Waals surface area contributed by atoms with Crippen LogP contribution >= 0.6 is 0 Å². The molecule has 25 heavy (non-hydrogen) atoms. The van der Waals surface area contributed by atoms with Gasteiger partial charge in [0, 0.05) is 0 Å². The molecule has 2 aromatic rings. The number of likely N-dealkylation sites (tertiary alicyclic amines) is 1. The Morgan fingerprint density at radius 1 is 1.20 bits per heavy atom. The van der Waals surface area contributed by atoms with Crippen molar-refractivity contribution in [3.63, 3.8) is 0 Å². The third-order valence-corrected chi connectivity index (χ3v) is 4.78. The van der Waals surface area contributed by atoms with Crippen LogP contribution in [-0.2, 0) is 4.79 Å². The summed E-state index contributed by atoms with van der Waals surface area (Å²) in [6.07, 6.45) is 2.94. The van der Waals surface area contributed by atoms with Crippen molar-refractivity contribution in [1.82, 2.24) is 4.90 Å². The highest BCUT2D eigenvalue weighted by atomic mass is 16.5. The fraction of sp³-hybridized carbons (Fsp3) is 0.421. The zero-order valence-electron chi connectivity index (χ0n) is 14.5. The number of benzene rings is 1. The van der Waals surface area contributed by atoms with Crippen LogP contribution in [0.5, 0.6) is 11.5 Å². The predicted molar refractivity (Wildman–Crippen MR) is 92.0 cm³/mol. The molecule has 1 saturated heterocycles. The molecule has 1 N–H and O–H groups in total. The first-order valence-electron chi connectivity index (χ1n) is 8.36. The molecule has 0 aliphatic carbocycles. The lowest BCUT2D eigenvalue weighted by Crippen LogP contribution is -2.39. The first-order valence-corrected chi connectivity index (χ1v) is 8.36. The van der Waals surface area contributed by atoms with E-state index in [2.05, 4.69) is 4.90 Å². The normalized spacial score (nSPS) is 17.2. The molecular weight excluding hydrogens is 322 g/mol. The Balaban J connectivity index is 1.90.